The van der Waals surface area contributed by atoms with Crippen molar-refractivity contribution >= 4 is 11.1 Å². The second-order valence-electron chi connectivity index (χ2n) is 5.22. The van der Waals surface area contributed by atoms with Crippen molar-refractivity contribution in [1.29, 1.82) is 0 Å². The van der Waals surface area contributed by atoms with Crippen molar-refractivity contribution in [2.45, 2.75) is 18.9 Å². The lowest BCUT2D eigenvalue weighted by Crippen LogP contribution is -2.34. The summed E-state index contributed by atoms with van der Waals surface area (Å²) in [5.41, 5.74) is 2.61. The maximum atomic E-state index is 11.1. The third-order valence-corrected chi connectivity index (χ3v) is 3.90. The van der Waals surface area contributed by atoms with Gasteiger partial charge in [0.1, 0.15) is 0 Å². The molecule has 3 rings (SSSR count). The summed E-state index contributed by atoms with van der Waals surface area (Å²) in [5, 5.41) is 3.38. The topological polar surface area (TPSA) is 61.3 Å². The fraction of sp³-hybridized carbons (Fsp3) is 0.500. The van der Waals surface area contributed by atoms with Crippen LogP contribution in [-0.2, 0) is 6.42 Å². The van der Waals surface area contributed by atoms with Crippen LogP contribution >= 0.6 is 0 Å². The van der Waals surface area contributed by atoms with Crippen LogP contribution in [0, 0.1) is 0 Å². The largest absolute Gasteiger partial charge is 0.417 e. The van der Waals surface area contributed by atoms with Crippen molar-refractivity contribution in [3.63, 3.8) is 0 Å². The van der Waals surface area contributed by atoms with Gasteiger partial charge in [0.2, 0.25) is 0 Å². The fourth-order valence-corrected chi connectivity index (χ4v) is 2.65. The zero-order valence-electron chi connectivity index (χ0n) is 11.1. The van der Waals surface area contributed by atoms with E-state index in [-0.39, 0.29) is 5.76 Å². The summed E-state index contributed by atoms with van der Waals surface area (Å²) in [6.45, 7) is 3.23. The number of hydrogen-bond acceptors (Lipinski definition) is 4. The highest BCUT2D eigenvalue weighted by atomic mass is 16.4. The highest BCUT2D eigenvalue weighted by molar-refractivity contribution is 5.72. The standard InChI is InChI=1S/C14H19N3O2/c1-17(11-4-6-15-9-11)7-5-10-2-3-12-13(8-10)19-14(18)16-12/h2-3,8,11,15H,4-7,9H2,1H3,(H,16,18). The molecule has 0 amide bonds. The van der Waals surface area contributed by atoms with E-state index in [4.69, 9.17) is 4.42 Å². The number of benzene rings is 1. The van der Waals surface area contributed by atoms with Crippen LogP contribution in [0.5, 0.6) is 0 Å². The molecule has 5 heteroatoms. The van der Waals surface area contributed by atoms with Crippen LogP contribution in [0.25, 0.3) is 11.1 Å². The minimum absolute atomic E-state index is 0.388. The Hall–Kier alpha value is -1.59. The van der Waals surface area contributed by atoms with Gasteiger partial charge in [-0.05, 0) is 44.1 Å². The molecule has 102 valence electrons. The van der Waals surface area contributed by atoms with Crippen LogP contribution in [-0.4, -0.2) is 42.6 Å². The number of likely N-dealkylation sites (N-methyl/N-ethyl adjacent to an activating group) is 1. The first-order valence-electron chi connectivity index (χ1n) is 6.75. The molecule has 19 heavy (non-hydrogen) atoms. The molecule has 0 aliphatic carbocycles. The van der Waals surface area contributed by atoms with Crippen molar-refractivity contribution in [2.75, 3.05) is 26.7 Å². The van der Waals surface area contributed by atoms with Gasteiger partial charge in [0.25, 0.3) is 0 Å². The van der Waals surface area contributed by atoms with Crippen LogP contribution in [0.4, 0.5) is 0 Å². The molecule has 1 aliphatic heterocycles. The molecule has 2 aromatic rings. The summed E-state index contributed by atoms with van der Waals surface area (Å²) in [4.78, 5) is 16.2. The molecular weight excluding hydrogens is 242 g/mol. The number of aromatic amines is 1. The van der Waals surface area contributed by atoms with E-state index in [1.54, 1.807) is 0 Å². The smallest absolute Gasteiger partial charge is 0.408 e. The van der Waals surface area contributed by atoms with Gasteiger partial charge < -0.3 is 14.6 Å². The SMILES string of the molecule is CN(CCc1ccc2[nH]c(=O)oc2c1)C1CCNC1. The minimum Gasteiger partial charge on any atom is -0.408 e. The van der Waals surface area contributed by atoms with E-state index < -0.39 is 0 Å². The van der Waals surface area contributed by atoms with Gasteiger partial charge in [-0.2, -0.15) is 0 Å². The third kappa shape index (κ3) is 2.72. The number of fused-ring (bicyclic) bond motifs is 1. The molecule has 0 spiro atoms. The maximum absolute atomic E-state index is 11.1. The average Bonchev–Trinajstić information content (AvgIpc) is 3.03. The molecule has 1 aliphatic rings. The second-order valence-corrected chi connectivity index (χ2v) is 5.22. The number of oxazole rings is 1. The summed E-state index contributed by atoms with van der Waals surface area (Å²) < 4.78 is 5.08. The first kappa shape index (κ1) is 12.4. The van der Waals surface area contributed by atoms with Gasteiger partial charge in [-0.15, -0.1) is 0 Å². The van der Waals surface area contributed by atoms with Crippen molar-refractivity contribution in [1.82, 2.24) is 15.2 Å². The summed E-state index contributed by atoms with van der Waals surface area (Å²) in [7, 11) is 2.17. The van der Waals surface area contributed by atoms with Crippen molar-refractivity contribution in [2.24, 2.45) is 0 Å². The molecule has 1 unspecified atom stereocenters. The Bertz CT molecular complexity index is 610. The average molecular weight is 261 g/mol. The van der Waals surface area contributed by atoms with Gasteiger partial charge in [-0.1, -0.05) is 6.07 Å². The Kier molecular flexibility index (Phi) is 3.40. The summed E-state index contributed by atoms with van der Waals surface area (Å²) in [6.07, 6.45) is 2.19. The van der Waals surface area contributed by atoms with Crippen LogP contribution < -0.4 is 11.1 Å². The zero-order valence-corrected chi connectivity index (χ0v) is 11.1. The number of nitrogens with one attached hydrogen (secondary N) is 2. The molecule has 1 aromatic carbocycles. The predicted molar refractivity (Wildman–Crippen MR) is 74.4 cm³/mol. The monoisotopic (exact) mass is 261 g/mol. The molecule has 2 heterocycles. The Morgan fingerprint density at radius 3 is 3.16 bits per heavy atom. The van der Waals surface area contributed by atoms with E-state index in [9.17, 15) is 4.79 Å². The molecule has 1 saturated heterocycles. The van der Waals surface area contributed by atoms with Crippen LogP contribution in [0.15, 0.2) is 27.4 Å². The molecule has 0 bridgehead atoms. The highest BCUT2D eigenvalue weighted by Gasteiger charge is 2.18. The van der Waals surface area contributed by atoms with Crippen LogP contribution in [0.3, 0.4) is 0 Å². The number of hydrogen-bond donors (Lipinski definition) is 2. The lowest BCUT2D eigenvalue weighted by atomic mass is 10.1. The summed E-state index contributed by atoms with van der Waals surface area (Å²) in [6, 6.07) is 6.56. The first-order valence-corrected chi connectivity index (χ1v) is 6.75. The van der Waals surface area contributed by atoms with E-state index in [2.05, 4.69) is 28.3 Å². The van der Waals surface area contributed by atoms with Crippen LogP contribution in [0.1, 0.15) is 12.0 Å². The molecule has 1 aromatic heterocycles. The zero-order chi connectivity index (χ0) is 13.2. The van der Waals surface area contributed by atoms with Gasteiger partial charge in [0.15, 0.2) is 5.58 Å². The number of rotatable bonds is 4. The third-order valence-electron chi connectivity index (χ3n) is 3.90. The lowest BCUT2D eigenvalue weighted by Gasteiger charge is -2.23. The van der Waals surface area contributed by atoms with Gasteiger partial charge in [0.05, 0.1) is 5.52 Å². The molecule has 0 saturated carbocycles. The van der Waals surface area contributed by atoms with E-state index in [1.165, 1.54) is 12.0 Å². The molecule has 2 N–H and O–H groups in total. The Morgan fingerprint density at radius 2 is 2.37 bits per heavy atom. The fourth-order valence-electron chi connectivity index (χ4n) is 2.65. The predicted octanol–water partition coefficient (Wildman–Crippen LogP) is 0.957. The van der Waals surface area contributed by atoms with E-state index in [0.717, 1.165) is 31.6 Å². The van der Waals surface area contributed by atoms with E-state index in [1.807, 2.05) is 12.1 Å². The van der Waals surface area contributed by atoms with Crippen molar-refractivity contribution in [3.8, 4) is 0 Å². The maximum Gasteiger partial charge on any atom is 0.417 e. The van der Waals surface area contributed by atoms with Gasteiger partial charge in [0, 0.05) is 19.1 Å². The number of H-pyrrole nitrogens is 1. The van der Waals surface area contributed by atoms with Gasteiger partial charge in [-0.25, -0.2) is 4.79 Å². The van der Waals surface area contributed by atoms with Gasteiger partial charge in [-0.3, -0.25) is 4.98 Å². The molecule has 0 radical (unpaired) electrons. The second kappa shape index (κ2) is 5.19. The summed E-state index contributed by atoms with van der Waals surface area (Å²) in [5.74, 6) is -0.388. The molecular formula is C14H19N3O2. The minimum atomic E-state index is -0.388. The number of aromatic nitrogens is 1. The molecule has 1 atom stereocenters. The van der Waals surface area contributed by atoms with Crippen molar-refractivity contribution < 1.29 is 4.42 Å². The molecule has 1 fully saturated rings. The Morgan fingerprint density at radius 1 is 1.47 bits per heavy atom. The summed E-state index contributed by atoms with van der Waals surface area (Å²) >= 11 is 0. The van der Waals surface area contributed by atoms with Gasteiger partial charge >= 0.3 is 5.76 Å². The normalized spacial score (nSPS) is 19.6. The highest BCUT2D eigenvalue weighted by Crippen LogP contribution is 2.14. The first-order chi connectivity index (χ1) is 9.22. The quantitative estimate of drug-likeness (QED) is 0.860. The van der Waals surface area contributed by atoms with E-state index >= 15 is 0 Å². The molecule has 5 nitrogen and oxygen atoms in total. The number of nitrogens with zero attached hydrogens (tertiary/aromatic N) is 1. The van der Waals surface area contributed by atoms with Crippen LogP contribution in [0.2, 0.25) is 0 Å². The lowest BCUT2D eigenvalue weighted by molar-refractivity contribution is 0.260. The Labute approximate surface area is 111 Å². The van der Waals surface area contributed by atoms with E-state index in [0.29, 0.717) is 11.6 Å². The Balaban J connectivity index is 1.65. The van der Waals surface area contributed by atoms with Crippen molar-refractivity contribution in [3.05, 3.63) is 34.3 Å².